The fourth-order valence-corrected chi connectivity index (χ4v) is 3.61. The second-order valence-corrected chi connectivity index (χ2v) is 5.20. The van der Waals surface area contributed by atoms with Crippen molar-refractivity contribution in [2.75, 3.05) is 0 Å². The van der Waals surface area contributed by atoms with Crippen LogP contribution in [0.3, 0.4) is 0 Å². The molecule has 2 aliphatic heterocycles. The van der Waals surface area contributed by atoms with E-state index in [4.69, 9.17) is 0 Å². The maximum absolute atomic E-state index is 11.4. The predicted octanol–water partition coefficient (Wildman–Crippen LogP) is 2.03. The van der Waals surface area contributed by atoms with Gasteiger partial charge in [0.25, 0.3) is 0 Å². The van der Waals surface area contributed by atoms with Gasteiger partial charge >= 0.3 is 0 Å². The Morgan fingerprint density at radius 1 is 1.67 bits per heavy atom. The third kappa shape index (κ3) is 1.21. The summed E-state index contributed by atoms with van der Waals surface area (Å²) < 4.78 is 1.23. The molecule has 0 aliphatic carbocycles. The Balaban J connectivity index is 2.35. The first-order valence-corrected chi connectivity index (χ1v) is 5.70. The Morgan fingerprint density at radius 2 is 2.42 bits per heavy atom. The third-order valence-corrected chi connectivity index (χ3v) is 4.83. The zero-order chi connectivity index (χ0) is 8.72. The fraction of sp³-hybridized carbons (Fsp3) is 0.375. The van der Waals surface area contributed by atoms with Crippen molar-refractivity contribution in [3.05, 3.63) is 20.8 Å². The predicted molar refractivity (Wildman–Crippen MR) is 58.9 cm³/mol. The van der Waals surface area contributed by atoms with Gasteiger partial charge in [-0.25, -0.2) is 0 Å². The average Bonchev–Trinajstić information content (AvgIpc) is 2.42. The first kappa shape index (κ1) is 8.62. The van der Waals surface area contributed by atoms with Gasteiger partial charge in [0.15, 0.2) is 0 Å². The van der Waals surface area contributed by atoms with E-state index in [-0.39, 0.29) is 11.8 Å². The van der Waals surface area contributed by atoms with Gasteiger partial charge in [-0.3, -0.25) is 4.79 Å². The van der Waals surface area contributed by atoms with Crippen molar-refractivity contribution in [1.82, 2.24) is 5.32 Å². The molecular formula is C8H8INOS. The number of nitrogens with one attached hydrogen (secondary N) is 1. The number of amides is 1. The number of carbonyl (C=O) groups is 1. The number of hydrogen-bond acceptors (Lipinski definition) is 2. The topological polar surface area (TPSA) is 29.1 Å². The molecule has 0 bridgehead atoms. The number of rotatable bonds is 0. The first-order chi connectivity index (χ1) is 5.70. The highest BCUT2D eigenvalue weighted by atomic mass is 127. The fourth-order valence-electron chi connectivity index (χ4n) is 1.45. The van der Waals surface area contributed by atoms with Gasteiger partial charge < -0.3 is 5.32 Å². The molecule has 0 fully saturated rings. The molecule has 2 unspecified atom stereocenters. The number of halogens is 1. The Kier molecular flexibility index (Phi) is 2.20. The van der Waals surface area contributed by atoms with Crippen LogP contribution in [0.5, 0.6) is 0 Å². The summed E-state index contributed by atoms with van der Waals surface area (Å²) >= 11 is 4.03. The molecule has 0 spiro atoms. The maximum Gasteiger partial charge on any atom is 0.232 e. The smallest absolute Gasteiger partial charge is 0.232 e. The molecule has 2 aliphatic rings. The molecule has 0 aromatic heterocycles. The molecule has 0 radical (unpaired) electrons. The summed E-state index contributed by atoms with van der Waals surface area (Å²) in [7, 11) is 0. The van der Waals surface area contributed by atoms with Gasteiger partial charge in [0.05, 0.1) is 11.2 Å². The van der Waals surface area contributed by atoms with E-state index in [0.717, 1.165) is 0 Å². The van der Waals surface area contributed by atoms with Gasteiger partial charge in [0.2, 0.25) is 5.91 Å². The van der Waals surface area contributed by atoms with E-state index in [1.54, 1.807) is 11.8 Å². The molecule has 2 nitrogen and oxygen atoms in total. The molecule has 1 amide bonds. The number of thioether (sulfide) groups is 1. The van der Waals surface area contributed by atoms with Gasteiger partial charge in [-0.05, 0) is 34.9 Å². The molecule has 0 saturated heterocycles. The first-order valence-electron chi connectivity index (χ1n) is 3.68. The molecule has 0 aromatic carbocycles. The van der Waals surface area contributed by atoms with Crippen LogP contribution in [0.2, 0.25) is 0 Å². The molecule has 4 heteroatoms. The largest absolute Gasteiger partial charge is 0.331 e. The second-order valence-electron chi connectivity index (χ2n) is 2.93. The molecule has 64 valence electrons. The highest BCUT2D eigenvalue weighted by molar-refractivity contribution is 14.1. The van der Waals surface area contributed by atoms with Crippen molar-refractivity contribution in [3.63, 3.8) is 0 Å². The van der Waals surface area contributed by atoms with E-state index in [0.29, 0.717) is 5.25 Å². The van der Waals surface area contributed by atoms with E-state index >= 15 is 0 Å². The van der Waals surface area contributed by atoms with Crippen LogP contribution in [0, 0.1) is 5.92 Å². The summed E-state index contributed by atoms with van der Waals surface area (Å²) in [4.78, 5) is 11.4. The Bertz CT molecular complexity index is 297. The van der Waals surface area contributed by atoms with Crippen molar-refractivity contribution in [1.29, 1.82) is 0 Å². The van der Waals surface area contributed by atoms with Crippen LogP contribution in [0.25, 0.3) is 0 Å². The summed E-state index contributed by atoms with van der Waals surface area (Å²) in [6.45, 7) is 2.02. The van der Waals surface area contributed by atoms with E-state index in [9.17, 15) is 4.79 Å². The normalized spacial score (nSPS) is 33.7. The van der Waals surface area contributed by atoms with Crippen LogP contribution in [0.4, 0.5) is 0 Å². The molecule has 1 N–H and O–H groups in total. The number of carbonyl (C=O) groups excluding carboxylic acids is 1. The van der Waals surface area contributed by atoms with Gasteiger partial charge in [-0.2, -0.15) is 0 Å². The molecule has 0 saturated carbocycles. The van der Waals surface area contributed by atoms with Crippen LogP contribution in [-0.2, 0) is 4.79 Å². The Morgan fingerprint density at radius 3 is 3.08 bits per heavy atom. The minimum Gasteiger partial charge on any atom is -0.331 e. The molecule has 12 heavy (non-hydrogen) atoms. The molecule has 2 heterocycles. The van der Waals surface area contributed by atoms with Crippen LogP contribution < -0.4 is 5.32 Å². The minimum absolute atomic E-state index is 0.0758. The van der Waals surface area contributed by atoms with Crippen molar-refractivity contribution in [2.45, 2.75) is 12.2 Å². The quantitative estimate of drug-likeness (QED) is 0.692. The average molecular weight is 293 g/mol. The van der Waals surface area contributed by atoms with Crippen molar-refractivity contribution < 1.29 is 4.79 Å². The Hall–Kier alpha value is 0.0300. The molecule has 0 aromatic rings. The lowest BCUT2D eigenvalue weighted by molar-refractivity contribution is -0.123. The summed E-state index contributed by atoms with van der Waals surface area (Å²) in [5.74, 6) is 0.214. The van der Waals surface area contributed by atoms with E-state index in [1.165, 1.54) is 9.15 Å². The number of hydrogen-bond donors (Lipinski definition) is 1. The highest BCUT2D eigenvalue weighted by Crippen LogP contribution is 2.43. The molecular weight excluding hydrogens is 285 g/mol. The lowest BCUT2D eigenvalue weighted by Gasteiger charge is -2.23. The van der Waals surface area contributed by atoms with Gasteiger partial charge in [-0.1, -0.05) is 5.57 Å². The van der Waals surface area contributed by atoms with Crippen molar-refractivity contribution in [2.24, 2.45) is 5.92 Å². The third-order valence-electron chi connectivity index (χ3n) is 2.10. The van der Waals surface area contributed by atoms with Crippen LogP contribution >= 0.6 is 34.4 Å². The lowest BCUT2D eigenvalue weighted by Crippen LogP contribution is -2.37. The van der Waals surface area contributed by atoms with Crippen LogP contribution in [0.15, 0.2) is 20.8 Å². The van der Waals surface area contributed by atoms with Crippen molar-refractivity contribution in [3.8, 4) is 0 Å². The summed E-state index contributed by atoms with van der Waals surface area (Å²) in [5, 5.41) is 5.21. The van der Waals surface area contributed by atoms with E-state index in [1.807, 2.05) is 13.1 Å². The van der Waals surface area contributed by atoms with Crippen LogP contribution in [-0.4, -0.2) is 11.2 Å². The summed E-state index contributed by atoms with van der Waals surface area (Å²) in [6.07, 6.45) is 1.81. The molecule has 2 rings (SSSR count). The monoisotopic (exact) mass is 293 g/mol. The SMILES string of the molecule is CC1=CSC2C(I)=CNC(=O)C12. The van der Waals surface area contributed by atoms with Gasteiger partial charge in [0.1, 0.15) is 0 Å². The zero-order valence-corrected chi connectivity index (χ0v) is 9.48. The zero-order valence-electron chi connectivity index (χ0n) is 6.50. The van der Waals surface area contributed by atoms with E-state index in [2.05, 4.69) is 33.3 Å². The van der Waals surface area contributed by atoms with Gasteiger partial charge in [0, 0.05) is 9.78 Å². The summed E-state index contributed by atoms with van der Waals surface area (Å²) in [6, 6.07) is 0. The van der Waals surface area contributed by atoms with E-state index < -0.39 is 0 Å². The van der Waals surface area contributed by atoms with Crippen LogP contribution in [0.1, 0.15) is 6.92 Å². The lowest BCUT2D eigenvalue weighted by atomic mass is 9.95. The maximum atomic E-state index is 11.4. The highest BCUT2D eigenvalue weighted by Gasteiger charge is 2.37. The second kappa shape index (κ2) is 3.06. The minimum atomic E-state index is 0.0758. The number of fused-ring (bicyclic) bond motifs is 1. The Labute approximate surface area is 89.0 Å². The van der Waals surface area contributed by atoms with Gasteiger partial charge in [-0.15, -0.1) is 11.8 Å². The molecule has 2 atom stereocenters. The standard InChI is InChI=1S/C8H8INOS/c1-4-3-12-7-5(9)2-10-8(11)6(4)7/h2-3,6-7H,1H3,(H,10,11). The summed E-state index contributed by atoms with van der Waals surface area (Å²) in [5.41, 5.74) is 1.18. The van der Waals surface area contributed by atoms with Crippen molar-refractivity contribution >= 4 is 40.3 Å².